The second-order valence-electron chi connectivity index (χ2n) is 2.92. The van der Waals surface area contributed by atoms with Crippen molar-refractivity contribution in [2.24, 2.45) is 0 Å². The van der Waals surface area contributed by atoms with Gasteiger partial charge in [0.05, 0.1) is 0 Å². The molecule has 70 valence electrons. The van der Waals surface area contributed by atoms with E-state index in [1.807, 2.05) is 30.5 Å². The summed E-state index contributed by atoms with van der Waals surface area (Å²) in [4.78, 5) is 3.09. The van der Waals surface area contributed by atoms with E-state index >= 15 is 0 Å². The highest BCUT2D eigenvalue weighted by molar-refractivity contribution is 6.31. The van der Waals surface area contributed by atoms with E-state index in [0.29, 0.717) is 0 Å². The first-order valence-electron chi connectivity index (χ1n) is 4.50. The fourth-order valence-electron chi connectivity index (χ4n) is 1.02. The molecule has 1 aromatic carbocycles. The van der Waals surface area contributed by atoms with E-state index in [2.05, 4.69) is 18.8 Å². The molecule has 0 aliphatic heterocycles. The molecule has 2 heteroatoms. The topological polar surface area (TPSA) is 15.8 Å². The fourth-order valence-corrected chi connectivity index (χ4v) is 1.20. The van der Waals surface area contributed by atoms with Gasteiger partial charge in [0, 0.05) is 22.1 Å². The molecule has 0 atom stereocenters. The molecule has 1 aromatic heterocycles. The summed E-state index contributed by atoms with van der Waals surface area (Å²) in [7, 11) is 0. The second-order valence-corrected chi connectivity index (χ2v) is 3.35. The lowest BCUT2D eigenvalue weighted by molar-refractivity contribution is 1.09. The van der Waals surface area contributed by atoms with Gasteiger partial charge in [-0.05, 0) is 24.3 Å². The fraction of sp³-hybridized carbons (Fsp3) is 0.273. The van der Waals surface area contributed by atoms with Crippen molar-refractivity contribution in [2.75, 3.05) is 0 Å². The summed E-state index contributed by atoms with van der Waals surface area (Å²) in [6.45, 7) is 4.25. The second kappa shape index (κ2) is 4.93. The van der Waals surface area contributed by atoms with Crippen molar-refractivity contribution >= 4 is 22.5 Å². The van der Waals surface area contributed by atoms with Gasteiger partial charge in [-0.25, -0.2) is 0 Å². The van der Waals surface area contributed by atoms with E-state index in [4.69, 9.17) is 11.6 Å². The third kappa shape index (κ3) is 2.78. The summed E-state index contributed by atoms with van der Waals surface area (Å²) < 4.78 is 0. The zero-order valence-electron chi connectivity index (χ0n) is 7.97. The predicted molar refractivity (Wildman–Crippen MR) is 59.3 cm³/mol. The predicted octanol–water partition coefficient (Wildman–Crippen LogP) is 4.24. The van der Waals surface area contributed by atoms with Crippen LogP contribution in [0.5, 0.6) is 0 Å². The number of rotatable bonds is 0. The molecule has 1 N–H and O–H groups in total. The molecule has 0 spiro atoms. The summed E-state index contributed by atoms with van der Waals surface area (Å²) in [5.41, 5.74) is 1.13. The SMILES string of the molecule is CCC.Clc1ccc2[nH]ccc2c1. The minimum absolute atomic E-state index is 0.784. The van der Waals surface area contributed by atoms with Crippen molar-refractivity contribution in [3.63, 3.8) is 0 Å². The molecule has 0 radical (unpaired) electrons. The first-order valence-corrected chi connectivity index (χ1v) is 4.88. The average Bonchev–Trinajstić information content (AvgIpc) is 2.52. The number of benzene rings is 1. The van der Waals surface area contributed by atoms with Gasteiger partial charge in [0.1, 0.15) is 0 Å². The van der Waals surface area contributed by atoms with Crippen molar-refractivity contribution < 1.29 is 0 Å². The number of aromatic nitrogens is 1. The van der Waals surface area contributed by atoms with Gasteiger partial charge >= 0.3 is 0 Å². The van der Waals surface area contributed by atoms with Crippen LogP contribution in [0.25, 0.3) is 10.9 Å². The van der Waals surface area contributed by atoms with E-state index in [-0.39, 0.29) is 0 Å². The van der Waals surface area contributed by atoms with Gasteiger partial charge in [-0.15, -0.1) is 0 Å². The Morgan fingerprint density at radius 3 is 2.62 bits per heavy atom. The zero-order valence-corrected chi connectivity index (χ0v) is 8.73. The van der Waals surface area contributed by atoms with Crippen molar-refractivity contribution in [2.45, 2.75) is 20.3 Å². The quantitative estimate of drug-likeness (QED) is 0.647. The molecule has 0 bridgehead atoms. The Morgan fingerprint density at radius 2 is 1.92 bits per heavy atom. The Balaban J connectivity index is 0.000000251. The summed E-state index contributed by atoms with van der Waals surface area (Å²) in [5.74, 6) is 0. The molecule has 0 unspecified atom stereocenters. The lowest BCUT2D eigenvalue weighted by Crippen LogP contribution is -1.65. The maximum Gasteiger partial charge on any atom is 0.0454 e. The summed E-state index contributed by atoms with van der Waals surface area (Å²) in [6.07, 6.45) is 3.15. The largest absolute Gasteiger partial charge is 0.361 e. The number of H-pyrrole nitrogens is 1. The standard InChI is InChI=1S/C8H6ClN.C3H8/c9-7-1-2-8-6(5-7)3-4-10-8;1-3-2/h1-5,10H;3H2,1-2H3. The summed E-state index contributed by atoms with van der Waals surface area (Å²) in [5, 5.41) is 1.94. The van der Waals surface area contributed by atoms with Gasteiger partial charge in [0.2, 0.25) is 0 Å². The lowest BCUT2D eigenvalue weighted by atomic mass is 10.2. The van der Waals surface area contributed by atoms with Crippen LogP contribution in [-0.4, -0.2) is 4.98 Å². The zero-order chi connectivity index (χ0) is 9.68. The number of nitrogens with one attached hydrogen (secondary N) is 1. The van der Waals surface area contributed by atoms with Crippen molar-refractivity contribution in [3.05, 3.63) is 35.5 Å². The lowest BCUT2D eigenvalue weighted by Gasteiger charge is -1.88. The molecule has 0 aliphatic carbocycles. The number of hydrogen-bond acceptors (Lipinski definition) is 0. The molecular weight excluding hydrogens is 182 g/mol. The Kier molecular flexibility index (Phi) is 3.84. The molecule has 0 saturated carbocycles. The minimum atomic E-state index is 0.784. The minimum Gasteiger partial charge on any atom is -0.361 e. The number of hydrogen-bond donors (Lipinski definition) is 1. The number of halogens is 1. The van der Waals surface area contributed by atoms with Crippen molar-refractivity contribution in [3.8, 4) is 0 Å². The van der Waals surface area contributed by atoms with Crippen LogP contribution in [0.3, 0.4) is 0 Å². The third-order valence-corrected chi connectivity index (χ3v) is 1.75. The van der Waals surface area contributed by atoms with E-state index < -0.39 is 0 Å². The maximum absolute atomic E-state index is 5.76. The average molecular weight is 196 g/mol. The Morgan fingerprint density at radius 1 is 1.23 bits per heavy atom. The molecule has 0 amide bonds. The van der Waals surface area contributed by atoms with Gasteiger partial charge in [-0.2, -0.15) is 0 Å². The smallest absolute Gasteiger partial charge is 0.0454 e. The molecule has 1 nitrogen and oxygen atoms in total. The van der Waals surface area contributed by atoms with E-state index in [9.17, 15) is 0 Å². The van der Waals surface area contributed by atoms with E-state index in [1.54, 1.807) is 0 Å². The van der Waals surface area contributed by atoms with Gasteiger partial charge in [0.25, 0.3) is 0 Å². The summed E-state index contributed by atoms with van der Waals surface area (Å²) in [6, 6.07) is 7.78. The highest BCUT2D eigenvalue weighted by Crippen LogP contribution is 2.17. The number of fused-ring (bicyclic) bond motifs is 1. The maximum atomic E-state index is 5.76. The molecular formula is C11H14ClN. The summed E-state index contributed by atoms with van der Waals surface area (Å²) >= 11 is 5.76. The van der Waals surface area contributed by atoms with Crippen molar-refractivity contribution in [1.82, 2.24) is 4.98 Å². The van der Waals surface area contributed by atoms with Crippen molar-refractivity contribution in [1.29, 1.82) is 0 Å². The normalized spacial score (nSPS) is 9.46. The highest BCUT2D eigenvalue weighted by Gasteiger charge is 1.92. The van der Waals surface area contributed by atoms with Gasteiger partial charge in [-0.3, -0.25) is 0 Å². The van der Waals surface area contributed by atoms with E-state index in [0.717, 1.165) is 15.9 Å². The third-order valence-electron chi connectivity index (χ3n) is 1.52. The molecule has 13 heavy (non-hydrogen) atoms. The van der Waals surface area contributed by atoms with Crippen LogP contribution in [0.2, 0.25) is 5.02 Å². The first kappa shape index (κ1) is 10.1. The van der Waals surface area contributed by atoms with E-state index in [1.165, 1.54) is 6.42 Å². The van der Waals surface area contributed by atoms with Crippen LogP contribution < -0.4 is 0 Å². The van der Waals surface area contributed by atoms with Crippen LogP contribution in [0.15, 0.2) is 30.5 Å². The monoisotopic (exact) mass is 195 g/mol. The van der Waals surface area contributed by atoms with Gasteiger partial charge in [0.15, 0.2) is 0 Å². The molecule has 0 fully saturated rings. The Bertz CT molecular complexity index is 365. The molecule has 0 aliphatic rings. The van der Waals surface area contributed by atoms with Crippen LogP contribution in [0.1, 0.15) is 20.3 Å². The Hall–Kier alpha value is -0.950. The Labute approximate surface area is 83.7 Å². The van der Waals surface area contributed by atoms with Crippen LogP contribution >= 0.6 is 11.6 Å². The molecule has 1 heterocycles. The van der Waals surface area contributed by atoms with Gasteiger partial charge in [-0.1, -0.05) is 31.9 Å². The van der Waals surface area contributed by atoms with Crippen LogP contribution in [0.4, 0.5) is 0 Å². The van der Waals surface area contributed by atoms with Crippen LogP contribution in [0, 0.1) is 0 Å². The first-order chi connectivity index (χ1) is 6.27. The highest BCUT2D eigenvalue weighted by atomic mass is 35.5. The van der Waals surface area contributed by atoms with Gasteiger partial charge < -0.3 is 4.98 Å². The van der Waals surface area contributed by atoms with Crippen LogP contribution in [-0.2, 0) is 0 Å². The molecule has 2 aromatic rings. The molecule has 0 saturated heterocycles. The molecule has 2 rings (SSSR count). The number of aromatic amines is 1.